The minimum absolute atomic E-state index is 0.0300. The zero-order valence-corrected chi connectivity index (χ0v) is 42.4. The fourth-order valence-electron chi connectivity index (χ4n) is 10.7. The summed E-state index contributed by atoms with van der Waals surface area (Å²) in [4.78, 5) is 0. The molecular weight excluding hydrogens is 863 g/mol. The third-order valence-corrected chi connectivity index (χ3v) is 65.4. The first-order valence-corrected chi connectivity index (χ1v) is 38.4. The maximum absolute atomic E-state index is 9.15. The zero-order chi connectivity index (χ0) is 42.8. The van der Waals surface area contributed by atoms with E-state index in [2.05, 4.69) is 214 Å². The van der Waals surface area contributed by atoms with Crippen LogP contribution in [0.3, 0.4) is 0 Å². The predicted molar refractivity (Wildman–Crippen MR) is 264 cm³/mol. The van der Waals surface area contributed by atoms with Gasteiger partial charge < -0.3 is 0 Å². The molecule has 8 rings (SSSR count). The molecule has 2 aliphatic rings. The van der Waals surface area contributed by atoms with E-state index in [1.807, 2.05) is 0 Å². The molecule has 0 spiro atoms. The van der Waals surface area contributed by atoms with Gasteiger partial charge in [-0.05, 0) is 0 Å². The van der Waals surface area contributed by atoms with E-state index in [0.29, 0.717) is 0 Å². The van der Waals surface area contributed by atoms with Crippen molar-refractivity contribution in [2.45, 2.75) is 88.6 Å². The van der Waals surface area contributed by atoms with Gasteiger partial charge >= 0.3 is 373 Å². The average molecular weight is 924 g/mol. The molecule has 6 aromatic rings. The number of benzene rings is 6. The van der Waals surface area contributed by atoms with E-state index in [1.165, 1.54) is 89.0 Å². The summed E-state index contributed by atoms with van der Waals surface area (Å²) in [6.07, 6.45) is 6.99. The summed E-state index contributed by atoms with van der Waals surface area (Å²) < 4.78 is -0.0600. The summed E-state index contributed by atoms with van der Waals surface area (Å²) in [5.74, 6) is -1.84. The molecule has 0 saturated carbocycles. The van der Waals surface area contributed by atoms with Crippen LogP contribution in [0.1, 0.15) is 96.0 Å². The van der Waals surface area contributed by atoms with Gasteiger partial charge in [0.1, 0.15) is 0 Å². The molecular formula is C56H61Cl2SiZr. The van der Waals surface area contributed by atoms with Crippen LogP contribution in [0, 0.1) is 10.8 Å². The first kappa shape index (κ1) is 43.1. The van der Waals surface area contributed by atoms with Gasteiger partial charge in [0, 0.05) is 0 Å². The molecule has 0 N–H and O–H groups in total. The van der Waals surface area contributed by atoms with Crippen molar-refractivity contribution in [3.63, 3.8) is 0 Å². The zero-order valence-electron chi connectivity index (χ0n) is 37.3. The number of rotatable bonds is 9. The van der Waals surface area contributed by atoms with Gasteiger partial charge in [-0.1, -0.05) is 0 Å². The summed E-state index contributed by atoms with van der Waals surface area (Å²) in [6.45, 7) is 23.9. The molecule has 0 fully saturated rings. The van der Waals surface area contributed by atoms with E-state index in [1.54, 1.807) is 0 Å². The molecule has 2 aliphatic carbocycles. The summed E-state index contributed by atoms with van der Waals surface area (Å²) in [5.41, 5.74) is 20.7. The minimum atomic E-state index is -5.22. The quantitative estimate of drug-likeness (QED) is 0.127. The van der Waals surface area contributed by atoms with Crippen molar-refractivity contribution < 1.29 is 15.6 Å². The Kier molecular flexibility index (Phi) is 11.5. The van der Waals surface area contributed by atoms with Crippen molar-refractivity contribution in [1.29, 1.82) is 0 Å². The van der Waals surface area contributed by atoms with Gasteiger partial charge in [0.05, 0.1) is 0 Å². The Bertz CT molecular complexity index is 2480. The number of aryl methyl sites for hydroxylation is 2. The number of hydrogen-bond acceptors (Lipinski definition) is 0. The monoisotopic (exact) mass is 921 g/mol. The van der Waals surface area contributed by atoms with Gasteiger partial charge in [-0.15, -0.1) is 0 Å². The second-order valence-corrected chi connectivity index (χ2v) is 62.2. The van der Waals surface area contributed by atoms with E-state index < -0.39 is 21.5 Å². The van der Waals surface area contributed by atoms with Crippen molar-refractivity contribution in [3.05, 3.63) is 178 Å². The summed E-state index contributed by atoms with van der Waals surface area (Å²) >= 11 is -5.22. The van der Waals surface area contributed by atoms with Crippen LogP contribution >= 0.6 is 17.0 Å². The number of halogens is 2. The first-order chi connectivity index (χ1) is 28.5. The predicted octanol–water partition coefficient (Wildman–Crippen LogP) is 17.1. The van der Waals surface area contributed by atoms with Gasteiger partial charge in [-0.3, -0.25) is 0 Å². The molecule has 0 nitrogen and oxygen atoms in total. The molecule has 0 aromatic heterocycles. The van der Waals surface area contributed by atoms with Crippen LogP contribution in [0.2, 0.25) is 13.1 Å². The SMILES string of the molecule is CCc1ccc2c(c1-c1ccccc1-c1ccccc1)C=C(C(C)(C)C)[CH]2[Zr]([Cl])([Cl])([CH]1C(C(C)(C)C)=Cc2c1ccc(CC)c2-c1ccccc1-c1ccccc1)[SiH](C)C. The first-order valence-electron chi connectivity index (χ1n) is 22.1. The topological polar surface area (TPSA) is 0 Å². The van der Waals surface area contributed by atoms with Crippen LogP contribution < -0.4 is 0 Å². The molecule has 0 saturated heterocycles. The molecule has 4 heteroatoms. The Hall–Kier alpha value is -3.52. The standard InChI is InChI=1S/2C27H27.C2H7Si.2ClH.Zr/c2*1-5-19-15-16-21-17-22(27(2,3)4)18-25(21)26(19)24-14-10-9-13-23(24)20-11-7-6-8-12-20;1-3-2;;;/h2*6-18H,5H2,1-4H3;3H,1-2H3;2*1H;/q;;;;;+2/p-2. The molecule has 0 radical (unpaired) electrons. The third kappa shape index (κ3) is 7.07. The Balaban J connectivity index is 1.43. The second kappa shape index (κ2) is 16.0. The van der Waals surface area contributed by atoms with Gasteiger partial charge in [0.25, 0.3) is 0 Å². The molecule has 60 heavy (non-hydrogen) atoms. The Morgan fingerprint density at radius 1 is 0.467 bits per heavy atom. The van der Waals surface area contributed by atoms with E-state index in [4.69, 9.17) is 17.0 Å². The van der Waals surface area contributed by atoms with Crippen molar-refractivity contribution in [1.82, 2.24) is 0 Å². The molecule has 0 heterocycles. The van der Waals surface area contributed by atoms with Crippen LogP contribution in [0.25, 0.3) is 56.7 Å². The van der Waals surface area contributed by atoms with Crippen LogP contribution in [0.4, 0.5) is 0 Å². The van der Waals surface area contributed by atoms with E-state index in [-0.39, 0.29) is 18.1 Å². The third-order valence-electron chi connectivity index (χ3n) is 13.8. The fourth-order valence-corrected chi connectivity index (χ4v) is 42.1. The maximum atomic E-state index is 9.15. The van der Waals surface area contributed by atoms with Gasteiger partial charge in [-0.25, -0.2) is 0 Å². The van der Waals surface area contributed by atoms with Crippen molar-refractivity contribution in [2.24, 2.45) is 10.8 Å². The van der Waals surface area contributed by atoms with Crippen LogP contribution in [0.15, 0.2) is 145 Å². The summed E-state index contributed by atoms with van der Waals surface area (Å²) in [6, 6.07) is 49.4. The molecule has 307 valence electrons. The number of fused-ring (bicyclic) bond motifs is 2. The van der Waals surface area contributed by atoms with Crippen LogP contribution in [-0.4, -0.2) is 5.92 Å². The Labute approximate surface area is 369 Å². The van der Waals surface area contributed by atoms with Gasteiger partial charge in [-0.2, -0.15) is 0 Å². The van der Waals surface area contributed by atoms with E-state index in [9.17, 15) is 0 Å². The molecule has 0 aliphatic heterocycles. The van der Waals surface area contributed by atoms with Gasteiger partial charge in [0.15, 0.2) is 0 Å². The van der Waals surface area contributed by atoms with E-state index in [0.717, 1.165) is 12.8 Å². The van der Waals surface area contributed by atoms with Crippen LogP contribution in [0.5, 0.6) is 0 Å². The number of hydrogen-bond donors (Lipinski definition) is 0. The normalized spacial score (nSPS) is 17.2. The summed E-state index contributed by atoms with van der Waals surface area (Å²) in [5, 5.41) is 0. The Morgan fingerprint density at radius 2 is 0.800 bits per heavy atom. The van der Waals surface area contributed by atoms with Crippen LogP contribution in [-0.2, 0) is 28.4 Å². The fraction of sp³-hybridized carbons (Fsp3) is 0.286. The van der Waals surface area contributed by atoms with E-state index >= 15 is 0 Å². The molecule has 2 unspecified atom stereocenters. The number of allylic oxidation sites excluding steroid dienone is 2. The second-order valence-electron chi connectivity index (χ2n) is 19.7. The molecule has 2 atom stereocenters. The van der Waals surface area contributed by atoms with Crippen molar-refractivity contribution in [3.8, 4) is 44.5 Å². The molecule has 0 amide bonds. The van der Waals surface area contributed by atoms with Gasteiger partial charge in [0.2, 0.25) is 0 Å². The summed E-state index contributed by atoms with van der Waals surface area (Å²) in [7, 11) is 18.3. The molecule has 6 aromatic carbocycles. The average Bonchev–Trinajstić information content (AvgIpc) is 3.86. The Morgan fingerprint density at radius 3 is 1.12 bits per heavy atom. The molecule has 0 bridgehead atoms. The van der Waals surface area contributed by atoms with Crippen molar-refractivity contribution >= 4 is 35.1 Å². The van der Waals surface area contributed by atoms with Crippen molar-refractivity contribution in [2.75, 3.05) is 0 Å².